The molecule has 1 rings (SSSR count). The molecule has 0 atom stereocenters. The molecule has 108 valence electrons. The highest BCUT2D eigenvalue weighted by molar-refractivity contribution is 6.52. The smallest absolute Gasteiger partial charge is 0.333 e. The monoisotopic (exact) mass is 354 g/mol. The van der Waals surface area contributed by atoms with Gasteiger partial charge in [0, 0.05) is 6.54 Å². The van der Waals surface area contributed by atoms with E-state index in [9.17, 15) is 4.79 Å². The van der Waals surface area contributed by atoms with Gasteiger partial charge in [0.2, 0.25) is 5.69 Å². The highest BCUT2D eigenvalue weighted by Gasteiger charge is 2.20. The zero-order valence-corrected chi connectivity index (χ0v) is 13.3. The number of hydrogen-bond acceptors (Lipinski definition) is 2. The number of urea groups is 1. The molecule has 0 saturated carbocycles. The van der Waals surface area contributed by atoms with E-state index in [0.717, 1.165) is 6.42 Å². The fourth-order valence-corrected chi connectivity index (χ4v) is 2.25. The first-order valence-electron chi connectivity index (χ1n) is 5.47. The number of hydrazine groups is 1. The van der Waals surface area contributed by atoms with Crippen molar-refractivity contribution >= 4 is 63.8 Å². The van der Waals surface area contributed by atoms with E-state index >= 15 is 0 Å². The Hall–Kier alpha value is -1.06. The molecule has 9 heteroatoms. The zero-order valence-electron chi connectivity index (χ0n) is 10.3. The number of halogens is 4. The van der Waals surface area contributed by atoms with Crippen LogP contribution in [0.4, 0.5) is 16.2 Å². The normalized spacial score (nSPS) is 9.80. The van der Waals surface area contributed by atoms with Crippen LogP contribution in [-0.2, 0) is 0 Å². The van der Waals surface area contributed by atoms with Crippen molar-refractivity contribution < 1.29 is 4.79 Å². The second-order valence-electron chi connectivity index (χ2n) is 3.60. The predicted octanol–water partition coefficient (Wildman–Crippen LogP) is 4.89. The van der Waals surface area contributed by atoms with Gasteiger partial charge in [0.1, 0.15) is 0 Å². The fourth-order valence-electron chi connectivity index (χ4n) is 1.23. The Morgan fingerprint density at radius 1 is 1.15 bits per heavy atom. The molecular weight excluding hydrogens is 346 g/mol. The molecule has 0 fully saturated rings. The summed E-state index contributed by atoms with van der Waals surface area (Å²) < 4.78 is 0. The topological polar surface area (TPSA) is 57.5 Å². The lowest BCUT2D eigenvalue weighted by Crippen LogP contribution is -2.39. The van der Waals surface area contributed by atoms with Crippen LogP contribution in [0.15, 0.2) is 0 Å². The summed E-state index contributed by atoms with van der Waals surface area (Å²) in [6, 6.07) is -0.458. The Morgan fingerprint density at radius 2 is 1.70 bits per heavy atom. The van der Waals surface area contributed by atoms with Gasteiger partial charge in [0.25, 0.3) is 0 Å². The summed E-state index contributed by atoms with van der Waals surface area (Å²) in [5.74, 6) is 0. The van der Waals surface area contributed by atoms with Gasteiger partial charge < -0.3 is 5.32 Å². The molecule has 2 amide bonds. The summed E-state index contributed by atoms with van der Waals surface area (Å²) in [6.45, 7) is 9.42. The first-order valence-corrected chi connectivity index (χ1v) is 6.98. The molecule has 0 aliphatic heterocycles. The second-order valence-corrected chi connectivity index (χ2v) is 5.11. The van der Waals surface area contributed by atoms with Crippen molar-refractivity contribution in [3.8, 4) is 0 Å². The first kappa shape index (κ1) is 17.0. The third-order valence-corrected chi connectivity index (χ3v) is 3.87. The van der Waals surface area contributed by atoms with Gasteiger partial charge in [-0.3, -0.25) is 10.9 Å². The Balaban J connectivity index is 2.97. The molecule has 5 nitrogen and oxygen atoms in total. The summed E-state index contributed by atoms with van der Waals surface area (Å²) in [7, 11) is 0. The van der Waals surface area contributed by atoms with E-state index in [1.54, 1.807) is 0 Å². The molecule has 0 spiro atoms. The van der Waals surface area contributed by atoms with E-state index < -0.39 is 6.03 Å². The van der Waals surface area contributed by atoms with Crippen molar-refractivity contribution in [2.75, 3.05) is 12.0 Å². The summed E-state index contributed by atoms with van der Waals surface area (Å²) in [6.07, 6.45) is 0.798. The number of carbonyl (C=O) groups is 1. The zero-order chi connectivity index (χ0) is 15.3. The van der Waals surface area contributed by atoms with E-state index in [-0.39, 0.29) is 31.5 Å². The summed E-state index contributed by atoms with van der Waals surface area (Å²) in [4.78, 5) is 14.6. The van der Waals surface area contributed by atoms with Crippen LogP contribution in [-0.4, -0.2) is 12.6 Å². The van der Waals surface area contributed by atoms with Gasteiger partial charge in [0.05, 0.1) is 32.4 Å². The van der Waals surface area contributed by atoms with E-state index in [0.29, 0.717) is 6.54 Å². The van der Waals surface area contributed by atoms with E-state index in [1.807, 2.05) is 6.92 Å². The van der Waals surface area contributed by atoms with Gasteiger partial charge in [-0.2, -0.15) is 0 Å². The van der Waals surface area contributed by atoms with Crippen molar-refractivity contribution in [1.82, 2.24) is 10.7 Å². The molecular formula is C11H10Cl4N4O. The van der Waals surface area contributed by atoms with E-state index in [1.165, 1.54) is 0 Å². The molecule has 0 saturated heterocycles. The minimum absolute atomic E-state index is 0.00265. The van der Waals surface area contributed by atoms with E-state index in [4.69, 9.17) is 53.0 Å². The molecule has 0 unspecified atom stereocenters. The number of rotatable bonds is 4. The van der Waals surface area contributed by atoms with Crippen molar-refractivity contribution in [3.63, 3.8) is 0 Å². The maximum atomic E-state index is 11.4. The van der Waals surface area contributed by atoms with Gasteiger partial charge in [0.15, 0.2) is 0 Å². The van der Waals surface area contributed by atoms with Gasteiger partial charge in [-0.1, -0.05) is 53.3 Å². The first-order chi connectivity index (χ1) is 9.43. The Bertz CT molecular complexity index is 542. The molecule has 3 N–H and O–H groups in total. The number of hydrogen-bond donors (Lipinski definition) is 3. The minimum atomic E-state index is -0.458. The lowest BCUT2D eigenvalue weighted by molar-refractivity contribution is 0.243. The van der Waals surface area contributed by atoms with Gasteiger partial charge in [-0.05, 0) is 6.42 Å². The lowest BCUT2D eigenvalue weighted by atomic mass is 10.3. The van der Waals surface area contributed by atoms with Crippen molar-refractivity contribution in [2.24, 2.45) is 0 Å². The molecule has 0 aromatic heterocycles. The number of benzene rings is 1. The Labute approximate surface area is 136 Å². The van der Waals surface area contributed by atoms with Crippen LogP contribution in [0, 0.1) is 6.57 Å². The molecule has 0 bridgehead atoms. The van der Waals surface area contributed by atoms with Crippen LogP contribution >= 0.6 is 46.4 Å². The standard InChI is InChI=1S/C11H10Cl4N4O/c1-3-4-17-11(20)19-18-10-7(14)5(12)9(16-2)6(13)8(10)15/h18H,3-4H2,1H3,(H2,17,19,20). The molecule has 0 heterocycles. The number of nitrogens with zero attached hydrogens (tertiary/aromatic N) is 1. The Kier molecular flexibility index (Phi) is 6.50. The van der Waals surface area contributed by atoms with Gasteiger partial charge in [-0.15, -0.1) is 0 Å². The predicted molar refractivity (Wildman–Crippen MR) is 83.2 cm³/mol. The van der Waals surface area contributed by atoms with Crippen molar-refractivity contribution in [1.29, 1.82) is 0 Å². The number of amides is 2. The third kappa shape index (κ3) is 3.74. The van der Waals surface area contributed by atoms with Gasteiger partial charge >= 0.3 is 6.03 Å². The number of nitrogens with one attached hydrogen (secondary N) is 3. The van der Waals surface area contributed by atoms with Crippen LogP contribution in [0.3, 0.4) is 0 Å². The minimum Gasteiger partial charge on any atom is -0.337 e. The Morgan fingerprint density at radius 3 is 2.15 bits per heavy atom. The maximum Gasteiger partial charge on any atom is 0.333 e. The van der Waals surface area contributed by atoms with Crippen molar-refractivity contribution in [3.05, 3.63) is 31.5 Å². The molecule has 0 aliphatic rings. The molecule has 1 aromatic carbocycles. The molecule has 0 radical (unpaired) electrons. The molecule has 1 aromatic rings. The second kappa shape index (κ2) is 7.65. The fraction of sp³-hybridized carbons (Fsp3) is 0.273. The maximum absolute atomic E-state index is 11.4. The van der Waals surface area contributed by atoms with Gasteiger partial charge in [-0.25, -0.2) is 9.64 Å². The van der Waals surface area contributed by atoms with Crippen LogP contribution < -0.4 is 16.2 Å². The summed E-state index contributed by atoms with van der Waals surface area (Å²) in [5, 5.41) is 2.52. The molecule has 0 aliphatic carbocycles. The van der Waals surface area contributed by atoms with Crippen molar-refractivity contribution in [2.45, 2.75) is 13.3 Å². The van der Waals surface area contributed by atoms with Crippen LogP contribution in [0.2, 0.25) is 20.1 Å². The number of carbonyl (C=O) groups excluding carboxylic acids is 1. The van der Waals surface area contributed by atoms with Crippen LogP contribution in [0.5, 0.6) is 0 Å². The molecule has 20 heavy (non-hydrogen) atoms. The largest absolute Gasteiger partial charge is 0.337 e. The average Bonchev–Trinajstić information content (AvgIpc) is 2.43. The van der Waals surface area contributed by atoms with Crippen LogP contribution in [0.1, 0.15) is 13.3 Å². The lowest BCUT2D eigenvalue weighted by Gasteiger charge is -2.15. The highest BCUT2D eigenvalue weighted by atomic mass is 35.5. The average molecular weight is 356 g/mol. The summed E-state index contributed by atoms with van der Waals surface area (Å²) >= 11 is 23.8. The van der Waals surface area contributed by atoms with Crippen LogP contribution in [0.25, 0.3) is 4.85 Å². The third-order valence-electron chi connectivity index (χ3n) is 2.19. The SMILES string of the molecule is [C-]#[N+]c1c(Cl)c(Cl)c(NNC(=O)NCCC)c(Cl)c1Cl. The highest BCUT2D eigenvalue weighted by Crippen LogP contribution is 2.48. The van der Waals surface area contributed by atoms with E-state index in [2.05, 4.69) is 21.0 Å². The number of anilines is 1. The quantitative estimate of drug-likeness (QED) is 0.409. The summed E-state index contributed by atoms with van der Waals surface area (Å²) in [5.41, 5.74) is 4.96.